The van der Waals surface area contributed by atoms with E-state index in [4.69, 9.17) is 9.84 Å². The number of piperidine rings is 1. The molecule has 0 aromatic heterocycles. The average Bonchev–Trinajstić information content (AvgIpc) is 3.09. The third-order valence-electron chi connectivity index (χ3n) is 6.02. The number of carboxylic acid groups (broad SMARTS) is 1. The molecule has 1 saturated heterocycles. The van der Waals surface area contributed by atoms with Crippen LogP contribution in [0.4, 0.5) is 13.6 Å². The van der Waals surface area contributed by atoms with Gasteiger partial charge in [-0.05, 0) is 28.7 Å². The van der Waals surface area contributed by atoms with Gasteiger partial charge in [-0.3, -0.25) is 9.59 Å². The van der Waals surface area contributed by atoms with Gasteiger partial charge < -0.3 is 20.1 Å². The Bertz CT molecular complexity index is 1030. The van der Waals surface area contributed by atoms with Crippen molar-refractivity contribution in [3.8, 4) is 11.1 Å². The molecule has 2 aromatic carbocycles. The fraction of sp³-hybridized carbons (Fsp3) is 0.375. The molecule has 0 bridgehead atoms. The van der Waals surface area contributed by atoms with E-state index in [0.29, 0.717) is 0 Å². The van der Waals surface area contributed by atoms with Crippen molar-refractivity contribution in [2.75, 3.05) is 19.7 Å². The Balaban J connectivity index is 1.43. The molecular weight excluding hydrogens is 434 g/mol. The number of nitrogens with one attached hydrogen (secondary N) is 1. The number of carbonyl (C=O) groups is 3. The highest BCUT2D eigenvalue weighted by Gasteiger charge is 2.40. The Hall–Kier alpha value is -3.49. The molecule has 2 aliphatic rings. The van der Waals surface area contributed by atoms with E-state index in [1.165, 1.54) is 0 Å². The fourth-order valence-corrected chi connectivity index (χ4v) is 4.53. The summed E-state index contributed by atoms with van der Waals surface area (Å²) in [5.74, 6) is -5.44. The van der Waals surface area contributed by atoms with Crippen molar-refractivity contribution in [2.45, 2.75) is 37.1 Å². The van der Waals surface area contributed by atoms with Crippen LogP contribution >= 0.6 is 0 Å². The molecule has 4 rings (SSSR count). The maximum absolute atomic E-state index is 13.7. The number of nitrogens with zero attached hydrogens (tertiary/aromatic N) is 1. The zero-order valence-electron chi connectivity index (χ0n) is 17.8. The van der Waals surface area contributed by atoms with E-state index >= 15 is 0 Å². The lowest BCUT2D eigenvalue weighted by atomic mass is 9.98. The van der Waals surface area contributed by atoms with Gasteiger partial charge in [-0.1, -0.05) is 48.5 Å². The molecule has 1 aliphatic heterocycles. The summed E-state index contributed by atoms with van der Waals surface area (Å²) in [4.78, 5) is 37.3. The van der Waals surface area contributed by atoms with Gasteiger partial charge in [-0.15, -0.1) is 0 Å². The van der Waals surface area contributed by atoms with Gasteiger partial charge in [0.2, 0.25) is 5.91 Å². The third kappa shape index (κ3) is 4.97. The number of alkyl halides is 2. The van der Waals surface area contributed by atoms with Gasteiger partial charge in [-0.2, -0.15) is 0 Å². The van der Waals surface area contributed by atoms with Crippen molar-refractivity contribution < 1.29 is 33.0 Å². The summed E-state index contributed by atoms with van der Waals surface area (Å²) in [5.41, 5.74) is 4.10. The molecule has 2 aromatic rings. The number of hydrogen-bond donors (Lipinski definition) is 2. The van der Waals surface area contributed by atoms with Crippen LogP contribution in [0.25, 0.3) is 11.1 Å². The topological polar surface area (TPSA) is 95.9 Å². The molecule has 2 amide bonds. The summed E-state index contributed by atoms with van der Waals surface area (Å²) in [7, 11) is 0. The lowest BCUT2D eigenvalue weighted by Gasteiger charge is -2.34. The van der Waals surface area contributed by atoms with Gasteiger partial charge >= 0.3 is 12.1 Å². The largest absolute Gasteiger partial charge is 0.481 e. The van der Waals surface area contributed by atoms with E-state index in [2.05, 4.69) is 5.32 Å². The zero-order valence-corrected chi connectivity index (χ0v) is 17.8. The van der Waals surface area contributed by atoms with Gasteiger partial charge in [0, 0.05) is 18.9 Å². The first kappa shape index (κ1) is 22.7. The van der Waals surface area contributed by atoms with Crippen LogP contribution in [0.5, 0.6) is 0 Å². The number of carboxylic acids is 1. The number of carbonyl (C=O) groups excluding carboxylic acids is 2. The van der Waals surface area contributed by atoms with E-state index in [-0.39, 0.29) is 31.9 Å². The molecule has 9 heteroatoms. The molecule has 174 valence electrons. The lowest BCUT2D eigenvalue weighted by molar-refractivity contribution is -0.147. The molecule has 0 radical (unpaired) electrons. The van der Waals surface area contributed by atoms with Gasteiger partial charge in [0.15, 0.2) is 0 Å². The number of alkyl carbamates (subject to hydrolysis) is 1. The Labute approximate surface area is 189 Å². The molecule has 2 N–H and O–H groups in total. The number of amides is 2. The van der Waals surface area contributed by atoms with Crippen molar-refractivity contribution in [1.29, 1.82) is 0 Å². The second-order valence-electron chi connectivity index (χ2n) is 8.34. The van der Waals surface area contributed by atoms with E-state index in [1.807, 2.05) is 48.5 Å². The monoisotopic (exact) mass is 458 g/mol. The molecule has 33 heavy (non-hydrogen) atoms. The molecule has 1 aliphatic carbocycles. The number of fused-ring (bicyclic) bond motifs is 3. The molecule has 1 unspecified atom stereocenters. The average molecular weight is 458 g/mol. The second-order valence-corrected chi connectivity index (χ2v) is 8.34. The SMILES string of the molecule is O=C(O)CC(NC(=O)OCC1c2ccccc2-c2ccccc21)C(=O)N1CCCC(F)(F)C1. The van der Waals surface area contributed by atoms with Crippen molar-refractivity contribution in [2.24, 2.45) is 0 Å². The highest BCUT2D eigenvalue weighted by molar-refractivity contribution is 5.89. The van der Waals surface area contributed by atoms with Crippen LogP contribution in [-0.4, -0.2) is 59.6 Å². The predicted octanol–water partition coefficient (Wildman–Crippen LogP) is 3.63. The van der Waals surface area contributed by atoms with Crippen LogP contribution in [0.15, 0.2) is 48.5 Å². The Morgan fingerprint density at radius 3 is 2.27 bits per heavy atom. The first-order valence-electron chi connectivity index (χ1n) is 10.7. The van der Waals surface area contributed by atoms with Crippen LogP contribution < -0.4 is 5.32 Å². The van der Waals surface area contributed by atoms with Gasteiger partial charge in [0.1, 0.15) is 12.6 Å². The highest BCUT2D eigenvalue weighted by Crippen LogP contribution is 2.44. The Morgan fingerprint density at radius 1 is 1.09 bits per heavy atom. The minimum Gasteiger partial charge on any atom is -0.481 e. The summed E-state index contributed by atoms with van der Waals surface area (Å²) >= 11 is 0. The normalized spacial score (nSPS) is 17.6. The number of hydrogen-bond acceptors (Lipinski definition) is 4. The first-order valence-corrected chi connectivity index (χ1v) is 10.7. The maximum atomic E-state index is 13.7. The zero-order chi connectivity index (χ0) is 23.6. The molecule has 0 spiro atoms. The smallest absolute Gasteiger partial charge is 0.407 e. The molecule has 1 atom stereocenters. The maximum Gasteiger partial charge on any atom is 0.407 e. The number of rotatable bonds is 6. The van der Waals surface area contributed by atoms with Crippen molar-refractivity contribution >= 4 is 18.0 Å². The number of benzene rings is 2. The summed E-state index contributed by atoms with van der Waals surface area (Å²) in [5, 5.41) is 11.4. The van der Waals surface area contributed by atoms with Crippen LogP contribution in [0.2, 0.25) is 0 Å². The van der Waals surface area contributed by atoms with Gasteiger partial charge in [0.25, 0.3) is 5.92 Å². The lowest BCUT2D eigenvalue weighted by Crippen LogP contribution is -2.54. The predicted molar refractivity (Wildman–Crippen MR) is 115 cm³/mol. The molecule has 0 saturated carbocycles. The quantitative estimate of drug-likeness (QED) is 0.689. The second kappa shape index (κ2) is 9.17. The van der Waals surface area contributed by atoms with Crippen molar-refractivity contribution in [3.63, 3.8) is 0 Å². The summed E-state index contributed by atoms with van der Waals surface area (Å²) in [6.07, 6.45) is -1.94. The van der Waals surface area contributed by atoms with Gasteiger partial charge in [0.05, 0.1) is 13.0 Å². The summed E-state index contributed by atoms with van der Waals surface area (Å²) in [6, 6.07) is 14.0. The number of halogens is 2. The third-order valence-corrected chi connectivity index (χ3v) is 6.02. The summed E-state index contributed by atoms with van der Waals surface area (Å²) in [6.45, 7) is -0.735. The highest BCUT2D eigenvalue weighted by atomic mass is 19.3. The number of ether oxygens (including phenoxy) is 1. The first-order chi connectivity index (χ1) is 15.7. The Kier molecular flexibility index (Phi) is 6.31. The van der Waals surface area contributed by atoms with E-state index in [9.17, 15) is 23.2 Å². The van der Waals surface area contributed by atoms with Crippen molar-refractivity contribution in [1.82, 2.24) is 10.2 Å². The Morgan fingerprint density at radius 2 is 1.70 bits per heavy atom. The minimum absolute atomic E-state index is 0.0182. The number of aliphatic carboxylic acids is 1. The molecule has 1 fully saturated rings. The molecule has 1 heterocycles. The van der Waals surface area contributed by atoms with Crippen LogP contribution in [0.3, 0.4) is 0 Å². The standard InChI is InChI=1S/C24H24F2N2O5/c25-24(26)10-5-11-28(14-24)22(31)20(12-21(29)30)27-23(32)33-13-19-17-8-3-1-6-15(17)16-7-2-4-9-18(16)19/h1-4,6-9,19-20H,5,10-14H2,(H,27,32)(H,29,30). The van der Waals surface area contributed by atoms with E-state index in [1.54, 1.807) is 0 Å². The fourth-order valence-electron chi connectivity index (χ4n) is 4.53. The van der Waals surface area contributed by atoms with Crippen LogP contribution in [0, 0.1) is 0 Å². The molecule has 7 nitrogen and oxygen atoms in total. The van der Waals surface area contributed by atoms with E-state index in [0.717, 1.165) is 27.2 Å². The molecular formula is C24H24F2N2O5. The van der Waals surface area contributed by atoms with Crippen LogP contribution in [-0.2, 0) is 14.3 Å². The minimum atomic E-state index is -3.04. The summed E-state index contributed by atoms with van der Waals surface area (Å²) < 4.78 is 32.8. The van der Waals surface area contributed by atoms with Crippen molar-refractivity contribution in [3.05, 3.63) is 59.7 Å². The van der Waals surface area contributed by atoms with Crippen LogP contribution in [0.1, 0.15) is 36.3 Å². The van der Waals surface area contributed by atoms with E-state index < -0.39 is 42.9 Å². The van der Waals surface area contributed by atoms with Gasteiger partial charge in [-0.25, -0.2) is 13.6 Å². The number of likely N-dealkylation sites (tertiary alicyclic amines) is 1.